The molecule has 4 atom stereocenters. The van der Waals surface area contributed by atoms with Crippen LogP contribution < -0.4 is 11.2 Å². The molecule has 23 heavy (non-hydrogen) atoms. The van der Waals surface area contributed by atoms with Crippen LogP contribution in [-0.4, -0.2) is 43.8 Å². The van der Waals surface area contributed by atoms with Gasteiger partial charge in [0.25, 0.3) is 5.56 Å². The van der Waals surface area contributed by atoms with Crippen molar-refractivity contribution in [2.45, 2.75) is 28.6 Å². The maximum Gasteiger partial charge on any atom is 0.330 e. The third kappa shape index (κ3) is 3.25. The minimum atomic E-state index is -1.01. The summed E-state index contributed by atoms with van der Waals surface area (Å²) in [4.78, 5) is 26.1. The molecule has 0 saturated carbocycles. The highest BCUT2D eigenvalue weighted by atomic mass is 32.2. The first-order valence-electron chi connectivity index (χ1n) is 7.07. The first-order chi connectivity index (χ1) is 11.1. The van der Waals surface area contributed by atoms with Gasteiger partial charge in [0, 0.05) is 17.2 Å². The van der Waals surface area contributed by atoms with Crippen LogP contribution in [0, 0.1) is 0 Å². The molecule has 0 unspecified atom stereocenters. The van der Waals surface area contributed by atoms with Gasteiger partial charge in [0.2, 0.25) is 0 Å². The lowest BCUT2D eigenvalue weighted by atomic mass is 10.2. The molecule has 0 spiro atoms. The number of aromatic amines is 1. The number of nitrogens with one attached hydrogen (secondary N) is 1. The second-order valence-electron chi connectivity index (χ2n) is 5.15. The molecule has 1 fully saturated rings. The predicted octanol–water partition coefficient (Wildman–Crippen LogP) is -0.0519. The van der Waals surface area contributed by atoms with Crippen LogP contribution >= 0.6 is 11.8 Å². The summed E-state index contributed by atoms with van der Waals surface area (Å²) in [7, 11) is 0. The Hall–Kier alpha value is -1.87. The molecule has 0 radical (unpaired) electrons. The van der Waals surface area contributed by atoms with Gasteiger partial charge in [0.05, 0.1) is 18.0 Å². The molecule has 0 aliphatic carbocycles. The Labute approximate surface area is 135 Å². The van der Waals surface area contributed by atoms with E-state index in [9.17, 15) is 19.8 Å². The Kier molecular flexibility index (Phi) is 4.67. The molecule has 3 N–H and O–H groups in total. The fourth-order valence-corrected chi connectivity index (χ4v) is 3.73. The molecule has 2 aromatic rings. The molecule has 2 heterocycles. The van der Waals surface area contributed by atoms with E-state index in [0.29, 0.717) is 0 Å². The van der Waals surface area contributed by atoms with Crippen molar-refractivity contribution in [3.63, 3.8) is 0 Å². The number of H-pyrrole nitrogens is 1. The van der Waals surface area contributed by atoms with Crippen molar-refractivity contribution in [2.24, 2.45) is 0 Å². The highest BCUT2D eigenvalue weighted by Crippen LogP contribution is 2.39. The summed E-state index contributed by atoms with van der Waals surface area (Å²) in [6.07, 6.45) is -1.32. The van der Waals surface area contributed by atoms with Gasteiger partial charge in [-0.25, -0.2) is 4.79 Å². The lowest BCUT2D eigenvalue weighted by Crippen LogP contribution is -2.36. The van der Waals surface area contributed by atoms with Crippen molar-refractivity contribution < 1.29 is 14.9 Å². The zero-order chi connectivity index (χ0) is 16.4. The van der Waals surface area contributed by atoms with E-state index in [4.69, 9.17) is 4.74 Å². The number of aliphatic hydroxyl groups is 2. The molecule has 1 aliphatic heterocycles. The quantitative estimate of drug-likeness (QED) is 0.723. The van der Waals surface area contributed by atoms with Crippen molar-refractivity contribution in [2.75, 3.05) is 6.61 Å². The average Bonchev–Trinajstić information content (AvgIpc) is 2.85. The van der Waals surface area contributed by atoms with Gasteiger partial charge in [0.15, 0.2) is 6.23 Å². The van der Waals surface area contributed by atoms with E-state index in [0.717, 1.165) is 9.46 Å². The van der Waals surface area contributed by atoms with E-state index < -0.39 is 34.9 Å². The van der Waals surface area contributed by atoms with Crippen LogP contribution in [0.25, 0.3) is 0 Å². The first kappa shape index (κ1) is 16.0. The van der Waals surface area contributed by atoms with Gasteiger partial charge in [0.1, 0.15) is 6.10 Å². The van der Waals surface area contributed by atoms with E-state index in [-0.39, 0.29) is 6.61 Å². The molecule has 8 heteroatoms. The Balaban J connectivity index is 1.87. The van der Waals surface area contributed by atoms with E-state index in [1.165, 1.54) is 24.0 Å². The summed E-state index contributed by atoms with van der Waals surface area (Å²) in [5, 5.41) is 19.6. The van der Waals surface area contributed by atoms with Crippen LogP contribution in [0.15, 0.2) is 57.1 Å². The van der Waals surface area contributed by atoms with Crippen LogP contribution in [0.4, 0.5) is 0 Å². The number of ether oxygens (including phenoxy) is 1. The van der Waals surface area contributed by atoms with E-state index >= 15 is 0 Å². The molecule has 1 aliphatic rings. The largest absolute Gasteiger partial charge is 0.394 e. The second-order valence-corrected chi connectivity index (χ2v) is 6.40. The van der Waals surface area contributed by atoms with Crippen molar-refractivity contribution in [1.82, 2.24) is 9.55 Å². The molecular weight excluding hydrogens is 320 g/mol. The Bertz CT molecular complexity index is 775. The minimum absolute atomic E-state index is 0.282. The average molecular weight is 336 g/mol. The van der Waals surface area contributed by atoms with Crippen molar-refractivity contribution >= 4 is 11.8 Å². The van der Waals surface area contributed by atoms with Gasteiger partial charge >= 0.3 is 5.69 Å². The van der Waals surface area contributed by atoms with Gasteiger partial charge in [-0.1, -0.05) is 18.2 Å². The number of thioether (sulfide) groups is 1. The normalized spacial score (nSPS) is 27.2. The number of hydrogen-bond donors (Lipinski definition) is 3. The maximum atomic E-state index is 11.9. The van der Waals surface area contributed by atoms with Crippen LogP contribution in [-0.2, 0) is 4.74 Å². The highest BCUT2D eigenvalue weighted by molar-refractivity contribution is 8.00. The molecule has 122 valence electrons. The zero-order valence-corrected chi connectivity index (χ0v) is 12.8. The molecule has 0 amide bonds. The maximum absolute atomic E-state index is 11.9. The number of benzene rings is 1. The fourth-order valence-electron chi connectivity index (χ4n) is 2.53. The number of hydrogen-bond acceptors (Lipinski definition) is 6. The summed E-state index contributed by atoms with van der Waals surface area (Å²) < 4.78 is 6.76. The smallest absolute Gasteiger partial charge is 0.330 e. The van der Waals surface area contributed by atoms with E-state index in [1.54, 1.807) is 0 Å². The molecule has 1 aromatic heterocycles. The third-order valence-corrected chi connectivity index (χ3v) is 5.03. The predicted molar refractivity (Wildman–Crippen MR) is 84.4 cm³/mol. The minimum Gasteiger partial charge on any atom is -0.394 e. The van der Waals surface area contributed by atoms with E-state index in [2.05, 4.69) is 4.98 Å². The van der Waals surface area contributed by atoms with Crippen LogP contribution in [0.2, 0.25) is 0 Å². The lowest BCUT2D eigenvalue weighted by molar-refractivity contribution is -0.0530. The van der Waals surface area contributed by atoms with Crippen molar-refractivity contribution in [1.29, 1.82) is 0 Å². The van der Waals surface area contributed by atoms with Gasteiger partial charge in [-0.3, -0.25) is 14.3 Å². The summed E-state index contributed by atoms with van der Waals surface area (Å²) in [6, 6.07) is 10.6. The molecule has 1 saturated heterocycles. The molecule has 3 rings (SSSR count). The van der Waals surface area contributed by atoms with Crippen molar-refractivity contribution in [3.8, 4) is 0 Å². The second kappa shape index (κ2) is 6.71. The first-order valence-corrected chi connectivity index (χ1v) is 7.95. The molecule has 1 aromatic carbocycles. The number of aromatic nitrogens is 2. The van der Waals surface area contributed by atoms with Gasteiger partial charge in [-0.05, 0) is 12.1 Å². The van der Waals surface area contributed by atoms with Gasteiger partial charge < -0.3 is 14.9 Å². The Morgan fingerprint density at radius 2 is 1.96 bits per heavy atom. The monoisotopic (exact) mass is 336 g/mol. The SMILES string of the molecule is O=c1ccn([C@@H]2O[C@H](CO)[C@H](Sc3ccccc3)[C@@H]2O)c(=O)[nH]1. The summed E-state index contributed by atoms with van der Waals surface area (Å²) >= 11 is 1.38. The van der Waals surface area contributed by atoms with Crippen molar-refractivity contribution in [3.05, 3.63) is 63.4 Å². The summed E-state index contributed by atoms with van der Waals surface area (Å²) in [5.41, 5.74) is -1.18. The van der Waals surface area contributed by atoms with Gasteiger partial charge in [-0.15, -0.1) is 11.8 Å². The number of aliphatic hydroxyl groups excluding tert-OH is 2. The summed E-state index contributed by atoms with van der Waals surface area (Å²) in [5.74, 6) is 0. The Morgan fingerprint density at radius 3 is 2.61 bits per heavy atom. The molecule has 7 nitrogen and oxygen atoms in total. The fraction of sp³-hybridized carbons (Fsp3) is 0.333. The Morgan fingerprint density at radius 1 is 1.22 bits per heavy atom. The molecule has 0 bridgehead atoms. The van der Waals surface area contributed by atoms with Crippen LogP contribution in [0.1, 0.15) is 6.23 Å². The van der Waals surface area contributed by atoms with Gasteiger partial charge in [-0.2, -0.15) is 0 Å². The van der Waals surface area contributed by atoms with E-state index in [1.807, 2.05) is 30.3 Å². The standard InChI is InChI=1S/C15H16N2O5S/c18-8-10-13(23-9-4-2-1-3-5-9)12(20)14(22-10)17-7-6-11(19)16-15(17)21/h1-7,10,12-14,18,20H,8H2,(H,16,19,21)/t10-,12+,13+,14-/m1/s1. The molecular formula is C15H16N2O5S. The summed E-state index contributed by atoms with van der Waals surface area (Å²) in [6.45, 7) is -0.282. The topological polar surface area (TPSA) is 105 Å². The third-order valence-electron chi connectivity index (χ3n) is 3.63. The lowest BCUT2D eigenvalue weighted by Gasteiger charge is -2.19. The zero-order valence-electron chi connectivity index (χ0n) is 12.0. The van der Waals surface area contributed by atoms with Crippen LogP contribution in [0.3, 0.4) is 0 Å². The number of nitrogens with zero attached hydrogens (tertiary/aromatic N) is 1. The van der Waals surface area contributed by atoms with Crippen LogP contribution in [0.5, 0.6) is 0 Å². The number of rotatable bonds is 4. The highest BCUT2D eigenvalue weighted by Gasteiger charge is 2.45.